The highest BCUT2D eigenvalue weighted by Crippen LogP contribution is 2.25. The van der Waals surface area contributed by atoms with Crippen molar-refractivity contribution in [1.82, 2.24) is 24.7 Å². The zero-order valence-electron chi connectivity index (χ0n) is 27.3. The quantitative estimate of drug-likeness (QED) is 0.239. The first-order valence-corrected chi connectivity index (χ1v) is 17.0. The molecule has 2 unspecified atom stereocenters. The molecule has 2 fully saturated rings. The monoisotopic (exact) mass is 629 g/mol. The highest BCUT2D eigenvalue weighted by Gasteiger charge is 2.28. The standard InChI is InChI=1S/C15H28ClN3OS.C10H22N2.C7H7FO/c1-5-12(2)10-19(4)11-13(16)8-14(9-17-3)18-21(20)15-6-7-15;1-4-11(3)10-6-8-12(5-2)9-7-10;1-5-2-3-6(9)4-7(5)8/h8-9,12,15,17-18H,5-7,10-11H2,1-4H3;10H,4-9H2,1-3H3;2-4,9H,1H3/b13-8+,14-9+;;. The number of rotatable bonds is 13. The molecular formula is C32H57ClFN5O2S. The third-order valence-electron chi connectivity index (χ3n) is 7.68. The summed E-state index contributed by atoms with van der Waals surface area (Å²) in [7, 11) is 5.12. The molecule has 0 aromatic heterocycles. The highest BCUT2D eigenvalue weighted by molar-refractivity contribution is 7.84. The van der Waals surface area contributed by atoms with Crippen LogP contribution in [-0.4, -0.2) is 95.7 Å². The normalized spacial score (nSPS) is 18.1. The molecule has 1 saturated heterocycles. The first kappa shape index (κ1) is 38.4. The number of nitrogens with one attached hydrogen (secondary N) is 2. The maximum absolute atomic E-state index is 12.4. The van der Waals surface area contributed by atoms with Gasteiger partial charge in [0.15, 0.2) is 0 Å². The Balaban J connectivity index is 0.000000351. The number of halogens is 2. The topological polar surface area (TPSA) is 71.1 Å². The highest BCUT2D eigenvalue weighted by atomic mass is 35.5. The average molecular weight is 630 g/mol. The average Bonchev–Trinajstić information content (AvgIpc) is 3.81. The lowest BCUT2D eigenvalue weighted by molar-refractivity contribution is 0.136. The fourth-order valence-corrected chi connectivity index (χ4v) is 5.85. The second-order valence-electron chi connectivity index (χ2n) is 11.5. The number of aryl methyl sites for hydroxylation is 1. The maximum Gasteiger partial charge on any atom is 0.129 e. The van der Waals surface area contributed by atoms with Crippen LogP contribution in [0.5, 0.6) is 5.75 Å². The molecule has 1 heterocycles. The lowest BCUT2D eigenvalue weighted by Gasteiger charge is -2.35. The van der Waals surface area contributed by atoms with Gasteiger partial charge in [0.2, 0.25) is 0 Å². The smallest absolute Gasteiger partial charge is 0.129 e. The lowest BCUT2D eigenvalue weighted by Crippen LogP contribution is -2.43. The number of allylic oxidation sites excluding steroid dienone is 1. The fourth-order valence-electron chi connectivity index (χ4n) is 4.45. The zero-order valence-corrected chi connectivity index (χ0v) is 28.8. The van der Waals surface area contributed by atoms with Crippen LogP contribution in [0.15, 0.2) is 41.2 Å². The molecule has 242 valence electrons. The number of piperidine rings is 1. The number of aromatic hydroxyl groups is 1. The number of nitrogens with zero attached hydrogens (tertiary/aromatic N) is 3. The molecule has 1 aliphatic heterocycles. The van der Waals surface area contributed by atoms with Gasteiger partial charge in [0, 0.05) is 43.5 Å². The van der Waals surface area contributed by atoms with Crippen LogP contribution in [0.1, 0.15) is 65.4 Å². The van der Waals surface area contributed by atoms with Gasteiger partial charge >= 0.3 is 0 Å². The van der Waals surface area contributed by atoms with Gasteiger partial charge in [-0.25, -0.2) is 8.60 Å². The van der Waals surface area contributed by atoms with Gasteiger partial charge in [-0.1, -0.05) is 51.8 Å². The van der Waals surface area contributed by atoms with E-state index in [-0.39, 0.29) is 11.6 Å². The molecule has 2 aliphatic rings. The SMILES string of the molecule is CCC(C)CN(C)C/C(Cl)=C\C(=C/NC)NS(=O)C1CC1.CCN1CCC(N(C)CC)CC1.Cc1ccc(O)cc1F. The second kappa shape index (κ2) is 21.1. The van der Waals surface area contributed by atoms with Crippen LogP contribution < -0.4 is 10.0 Å². The van der Waals surface area contributed by atoms with Crippen LogP contribution in [0.2, 0.25) is 0 Å². The van der Waals surface area contributed by atoms with Crippen LogP contribution in [0.3, 0.4) is 0 Å². The number of hydrogen-bond donors (Lipinski definition) is 3. The van der Waals surface area contributed by atoms with E-state index >= 15 is 0 Å². The number of hydrogen-bond acceptors (Lipinski definition) is 6. The van der Waals surface area contributed by atoms with Gasteiger partial charge in [-0.15, -0.1) is 0 Å². The summed E-state index contributed by atoms with van der Waals surface area (Å²) in [6.07, 6.45) is 9.61. The van der Waals surface area contributed by atoms with E-state index in [1.807, 2.05) is 13.1 Å². The molecule has 1 aromatic rings. The summed E-state index contributed by atoms with van der Waals surface area (Å²) in [6, 6.07) is 4.93. The minimum atomic E-state index is -1.01. The van der Waals surface area contributed by atoms with E-state index in [0.29, 0.717) is 23.3 Å². The molecule has 2 atom stereocenters. The van der Waals surface area contributed by atoms with Crippen molar-refractivity contribution in [3.63, 3.8) is 0 Å². The molecule has 42 heavy (non-hydrogen) atoms. The van der Waals surface area contributed by atoms with Crippen molar-refractivity contribution < 1.29 is 13.7 Å². The summed E-state index contributed by atoms with van der Waals surface area (Å²) < 4.78 is 27.4. The molecule has 0 bridgehead atoms. The predicted octanol–water partition coefficient (Wildman–Crippen LogP) is 5.83. The summed E-state index contributed by atoms with van der Waals surface area (Å²) >= 11 is 6.32. The van der Waals surface area contributed by atoms with E-state index in [0.717, 1.165) is 42.2 Å². The Morgan fingerprint density at radius 3 is 2.33 bits per heavy atom. The Morgan fingerprint density at radius 2 is 1.86 bits per heavy atom. The van der Waals surface area contributed by atoms with Crippen LogP contribution in [-0.2, 0) is 11.0 Å². The van der Waals surface area contributed by atoms with Gasteiger partial charge in [0.1, 0.15) is 22.6 Å². The summed E-state index contributed by atoms with van der Waals surface area (Å²) in [5, 5.41) is 12.7. The Labute approximate surface area is 263 Å². The molecule has 10 heteroatoms. The van der Waals surface area contributed by atoms with E-state index in [9.17, 15) is 8.60 Å². The Hall–Kier alpha value is -1.65. The number of likely N-dealkylation sites (N-methyl/N-ethyl adjacent to an activating group) is 1. The molecule has 3 rings (SSSR count). The van der Waals surface area contributed by atoms with Crippen molar-refractivity contribution >= 4 is 22.6 Å². The Bertz CT molecular complexity index is 984. The lowest BCUT2D eigenvalue weighted by atomic mass is 10.0. The summed E-state index contributed by atoms with van der Waals surface area (Å²) in [5.41, 5.74) is 1.32. The van der Waals surface area contributed by atoms with Gasteiger partial charge in [-0.3, -0.25) is 0 Å². The summed E-state index contributed by atoms with van der Waals surface area (Å²) in [6.45, 7) is 17.3. The molecular weight excluding hydrogens is 573 g/mol. The number of phenolic OH excluding ortho intramolecular Hbond substituents is 1. The van der Waals surface area contributed by atoms with Gasteiger partial charge in [-0.2, -0.15) is 0 Å². The van der Waals surface area contributed by atoms with E-state index in [2.05, 4.69) is 66.5 Å². The van der Waals surface area contributed by atoms with Gasteiger partial charge < -0.3 is 29.8 Å². The van der Waals surface area contributed by atoms with Gasteiger partial charge in [0.05, 0.1) is 10.9 Å². The number of likely N-dealkylation sites (tertiary alicyclic amines) is 1. The molecule has 7 nitrogen and oxygen atoms in total. The molecule has 0 spiro atoms. The Morgan fingerprint density at radius 1 is 1.21 bits per heavy atom. The second-order valence-corrected chi connectivity index (χ2v) is 13.4. The van der Waals surface area contributed by atoms with Crippen LogP contribution in [0.25, 0.3) is 0 Å². The van der Waals surface area contributed by atoms with Gasteiger partial charge in [0.25, 0.3) is 0 Å². The van der Waals surface area contributed by atoms with Crippen LogP contribution in [0.4, 0.5) is 4.39 Å². The molecule has 1 saturated carbocycles. The Kier molecular flexibility index (Phi) is 19.3. The minimum absolute atomic E-state index is 0.0295. The van der Waals surface area contributed by atoms with Crippen molar-refractivity contribution in [3.8, 4) is 5.75 Å². The number of phenols is 1. The summed E-state index contributed by atoms with van der Waals surface area (Å²) in [4.78, 5) is 7.23. The van der Waals surface area contributed by atoms with Crippen LogP contribution >= 0.6 is 11.6 Å². The predicted molar refractivity (Wildman–Crippen MR) is 179 cm³/mol. The fraction of sp³-hybridized carbons (Fsp3) is 0.688. The molecule has 0 radical (unpaired) electrons. The van der Waals surface area contributed by atoms with E-state index in [1.54, 1.807) is 13.1 Å². The first-order chi connectivity index (χ1) is 19.9. The van der Waals surface area contributed by atoms with Crippen molar-refractivity contribution in [2.75, 3.05) is 60.4 Å². The van der Waals surface area contributed by atoms with Crippen LogP contribution in [0, 0.1) is 18.7 Å². The maximum atomic E-state index is 12.4. The van der Waals surface area contributed by atoms with Crippen molar-refractivity contribution in [1.29, 1.82) is 0 Å². The van der Waals surface area contributed by atoms with Crippen molar-refractivity contribution in [3.05, 3.63) is 52.6 Å². The number of benzene rings is 1. The first-order valence-electron chi connectivity index (χ1n) is 15.4. The molecule has 1 aliphatic carbocycles. The van der Waals surface area contributed by atoms with Gasteiger partial charge in [-0.05, 0) is 96.5 Å². The van der Waals surface area contributed by atoms with E-state index in [1.165, 1.54) is 57.6 Å². The zero-order chi connectivity index (χ0) is 31.7. The van der Waals surface area contributed by atoms with E-state index in [4.69, 9.17) is 16.7 Å². The van der Waals surface area contributed by atoms with Crippen molar-refractivity contribution in [2.24, 2.45) is 5.92 Å². The third-order valence-corrected chi connectivity index (χ3v) is 9.42. The minimum Gasteiger partial charge on any atom is -0.508 e. The van der Waals surface area contributed by atoms with Crippen molar-refractivity contribution in [2.45, 2.75) is 78.0 Å². The molecule has 3 N–H and O–H groups in total. The largest absolute Gasteiger partial charge is 0.508 e. The van der Waals surface area contributed by atoms with E-state index < -0.39 is 11.0 Å². The molecule has 1 aromatic carbocycles. The summed E-state index contributed by atoms with van der Waals surface area (Å²) in [5.74, 6) is 0.264. The third kappa shape index (κ3) is 16.3. The molecule has 0 amide bonds.